The van der Waals surface area contributed by atoms with Crippen molar-refractivity contribution in [3.05, 3.63) is 0 Å². The standard InChI is InChI=1S/C14H26O3.C4H8/c1-8-11(15)17-12(16)10(14(5,6)7)9-13(2,3)4;1-2-4-3-1/h10H,8-9H2,1-7H3;1-4H2. The second-order valence-corrected chi connectivity index (χ2v) is 8.24. The normalized spacial score (nSPS) is 16.1. The van der Waals surface area contributed by atoms with Crippen LogP contribution in [0.1, 0.15) is 87.0 Å². The van der Waals surface area contributed by atoms with E-state index >= 15 is 0 Å². The summed E-state index contributed by atoms with van der Waals surface area (Å²) in [5.74, 6) is -1.09. The molecule has 0 radical (unpaired) electrons. The highest BCUT2D eigenvalue weighted by Gasteiger charge is 2.36. The van der Waals surface area contributed by atoms with E-state index in [1.54, 1.807) is 6.92 Å². The van der Waals surface area contributed by atoms with Gasteiger partial charge in [-0.3, -0.25) is 9.59 Å². The van der Waals surface area contributed by atoms with Crippen molar-refractivity contribution in [2.75, 3.05) is 0 Å². The van der Waals surface area contributed by atoms with E-state index in [1.807, 2.05) is 20.8 Å². The van der Waals surface area contributed by atoms with Gasteiger partial charge in [0.25, 0.3) is 0 Å². The van der Waals surface area contributed by atoms with Crippen molar-refractivity contribution in [1.82, 2.24) is 0 Å². The fourth-order valence-electron chi connectivity index (χ4n) is 1.86. The zero-order chi connectivity index (χ0) is 16.7. The molecule has 3 heteroatoms. The number of esters is 2. The fraction of sp³-hybridized carbons (Fsp3) is 0.889. The quantitative estimate of drug-likeness (QED) is 0.536. The van der Waals surface area contributed by atoms with E-state index in [-0.39, 0.29) is 29.1 Å². The third-order valence-corrected chi connectivity index (χ3v) is 3.65. The third kappa shape index (κ3) is 9.65. The van der Waals surface area contributed by atoms with Gasteiger partial charge < -0.3 is 4.74 Å². The molecule has 0 aliphatic heterocycles. The summed E-state index contributed by atoms with van der Waals surface area (Å²) in [5, 5.41) is 0. The van der Waals surface area contributed by atoms with Gasteiger partial charge >= 0.3 is 11.9 Å². The van der Waals surface area contributed by atoms with Crippen LogP contribution in [-0.4, -0.2) is 11.9 Å². The first kappa shape index (κ1) is 20.1. The van der Waals surface area contributed by atoms with Crippen LogP contribution in [0.4, 0.5) is 0 Å². The van der Waals surface area contributed by atoms with E-state index in [4.69, 9.17) is 4.74 Å². The van der Waals surface area contributed by atoms with Gasteiger partial charge in [-0.25, -0.2) is 0 Å². The SMILES string of the molecule is C1CCC1.CCC(=O)OC(=O)C(CC(C)(C)C)C(C)(C)C. The molecule has 0 aromatic heterocycles. The van der Waals surface area contributed by atoms with Crippen LogP contribution in [0.15, 0.2) is 0 Å². The minimum Gasteiger partial charge on any atom is -0.393 e. The molecule has 0 amide bonds. The minimum absolute atomic E-state index is 0.0340. The van der Waals surface area contributed by atoms with Crippen LogP contribution in [-0.2, 0) is 14.3 Å². The highest BCUT2D eigenvalue weighted by atomic mass is 16.6. The summed E-state index contributed by atoms with van der Waals surface area (Å²) < 4.78 is 4.86. The summed E-state index contributed by atoms with van der Waals surface area (Å²) in [4.78, 5) is 23.2. The van der Waals surface area contributed by atoms with Gasteiger partial charge in [-0.15, -0.1) is 0 Å². The van der Waals surface area contributed by atoms with Crippen LogP contribution >= 0.6 is 0 Å². The molecule has 3 nitrogen and oxygen atoms in total. The van der Waals surface area contributed by atoms with Gasteiger partial charge in [-0.05, 0) is 17.3 Å². The maximum absolute atomic E-state index is 12.0. The number of hydrogen-bond donors (Lipinski definition) is 0. The summed E-state index contributed by atoms with van der Waals surface area (Å²) in [5.41, 5.74) is -0.162. The van der Waals surface area contributed by atoms with Gasteiger partial charge in [-0.2, -0.15) is 0 Å². The molecular weight excluding hydrogens is 264 g/mol. The number of rotatable bonds is 3. The molecule has 1 unspecified atom stereocenters. The maximum Gasteiger partial charge on any atom is 0.317 e. The lowest BCUT2D eigenvalue weighted by Gasteiger charge is -2.33. The topological polar surface area (TPSA) is 43.4 Å². The lowest BCUT2D eigenvalue weighted by Crippen LogP contribution is -2.34. The highest BCUT2D eigenvalue weighted by Crippen LogP contribution is 2.36. The summed E-state index contributed by atoms with van der Waals surface area (Å²) in [6.07, 6.45) is 6.95. The van der Waals surface area contributed by atoms with Gasteiger partial charge in [0.1, 0.15) is 0 Å². The smallest absolute Gasteiger partial charge is 0.317 e. The number of hydrogen-bond acceptors (Lipinski definition) is 3. The van der Waals surface area contributed by atoms with Gasteiger partial charge in [0, 0.05) is 6.42 Å². The van der Waals surface area contributed by atoms with E-state index in [0.29, 0.717) is 6.42 Å². The van der Waals surface area contributed by atoms with Crippen LogP contribution in [0.2, 0.25) is 0 Å². The van der Waals surface area contributed by atoms with Crippen LogP contribution in [0.3, 0.4) is 0 Å². The highest BCUT2D eigenvalue weighted by molar-refractivity contribution is 5.86. The van der Waals surface area contributed by atoms with Crippen LogP contribution < -0.4 is 0 Å². The Balaban J connectivity index is 0.000000847. The van der Waals surface area contributed by atoms with Crippen molar-refractivity contribution < 1.29 is 14.3 Å². The second kappa shape index (κ2) is 8.55. The summed E-state index contributed by atoms with van der Waals surface area (Å²) in [6, 6.07) is 0. The Hall–Kier alpha value is -0.860. The summed E-state index contributed by atoms with van der Waals surface area (Å²) in [7, 11) is 0. The van der Waals surface area contributed by atoms with Gasteiger partial charge in [0.05, 0.1) is 5.92 Å². The van der Waals surface area contributed by atoms with Crippen molar-refractivity contribution in [3.8, 4) is 0 Å². The molecule has 1 saturated carbocycles. The van der Waals surface area contributed by atoms with Crippen LogP contribution in [0, 0.1) is 16.7 Å². The largest absolute Gasteiger partial charge is 0.393 e. The summed E-state index contributed by atoms with van der Waals surface area (Å²) >= 11 is 0. The van der Waals surface area contributed by atoms with Gasteiger partial charge in [0.2, 0.25) is 0 Å². The molecular formula is C18H34O3. The molecule has 1 aliphatic rings. The average Bonchev–Trinajstić information content (AvgIpc) is 2.20. The molecule has 21 heavy (non-hydrogen) atoms. The number of carbonyl (C=O) groups excluding carboxylic acids is 2. The van der Waals surface area contributed by atoms with Crippen molar-refractivity contribution >= 4 is 11.9 Å². The predicted molar refractivity (Wildman–Crippen MR) is 86.9 cm³/mol. The molecule has 0 bridgehead atoms. The molecule has 0 heterocycles. The fourth-order valence-corrected chi connectivity index (χ4v) is 1.86. The monoisotopic (exact) mass is 298 g/mol. The lowest BCUT2D eigenvalue weighted by molar-refractivity contribution is -0.165. The predicted octanol–water partition coefficient (Wildman–Crippen LogP) is 5.13. The maximum atomic E-state index is 12.0. The number of carbonyl (C=O) groups is 2. The van der Waals surface area contributed by atoms with Gasteiger partial charge in [0.15, 0.2) is 0 Å². The third-order valence-electron chi connectivity index (χ3n) is 3.65. The molecule has 0 spiro atoms. The Morgan fingerprint density at radius 2 is 1.38 bits per heavy atom. The molecule has 1 rings (SSSR count). The van der Waals surface area contributed by atoms with Crippen LogP contribution in [0.5, 0.6) is 0 Å². The van der Waals surface area contributed by atoms with E-state index in [2.05, 4.69) is 20.8 Å². The van der Waals surface area contributed by atoms with E-state index in [1.165, 1.54) is 25.7 Å². The van der Waals surface area contributed by atoms with Crippen molar-refractivity contribution in [2.24, 2.45) is 16.7 Å². The zero-order valence-electron chi connectivity index (χ0n) is 15.0. The molecule has 1 aliphatic carbocycles. The molecule has 1 atom stereocenters. The van der Waals surface area contributed by atoms with Crippen molar-refractivity contribution in [2.45, 2.75) is 87.0 Å². The molecule has 0 N–H and O–H groups in total. The number of ether oxygens (including phenoxy) is 1. The zero-order valence-corrected chi connectivity index (χ0v) is 15.0. The van der Waals surface area contributed by atoms with Crippen LogP contribution in [0.25, 0.3) is 0 Å². The van der Waals surface area contributed by atoms with E-state index < -0.39 is 5.97 Å². The molecule has 0 saturated heterocycles. The van der Waals surface area contributed by atoms with Crippen molar-refractivity contribution in [1.29, 1.82) is 0 Å². The Morgan fingerprint density at radius 1 is 0.952 bits per heavy atom. The minimum atomic E-state index is -0.446. The molecule has 1 fully saturated rings. The Labute approximate surface area is 130 Å². The lowest BCUT2D eigenvalue weighted by atomic mass is 9.72. The Morgan fingerprint density at radius 3 is 1.62 bits per heavy atom. The average molecular weight is 298 g/mol. The summed E-state index contributed by atoms with van der Waals surface area (Å²) in [6.45, 7) is 13.9. The van der Waals surface area contributed by atoms with E-state index in [9.17, 15) is 9.59 Å². The molecule has 124 valence electrons. The van der Waals surface area contributed by atoms with E-state index in [0.717, 1.165) is 0 Å². The molecule has 0 aromatic carbocycles. The Bertz CT molecular complexity index is 323. The first-order valence-electron chi connectivity index (χ1n) is 8.22. The first-order valence-corrected chi connectivity index (χ1v) is 8.22. The van der Waals surface area contributed by atoms with Gasteiger partial charge in [-0.1, -0.05) is 74.1 Å². The molecule has 0 aromatic rings. The van der Waals surface area contributed by atoms with Crippen molar-refractivity contribution in [3.63, 3.8) is 0 Å². The first-order chi connectivity index (χ1) is 9.47. The Kier molecular flexibility index (Phi) is 8.20. The second-order valence-electron chi connectivity index (χ2n) is 8.24.